The number of amides is 1. The molecular formula is C20H30ClN3O2. The van der Waals surface area contributed by atoms with Crippen LogP contribution < -0.4 is 5.32 Å². The van der Waals surface area contributed by atoms with Crippen LogP contribution in [0.15, 0.2) is 18.2 Å². The van der Waals surface area contributed by atoms with E-state index in [4.69, 9.17) is 0 Å². The third-order valence-electron chi connectivity index (χ3n) is 5.44. The summed E-state index contributed by atoms with van der Waals surface area (Å²) in [6.07, 6.45) is 1.68. The Hall–Kier alpha value is -1.43. The lowest BCUT2D eigenvalue weighted by molar-refractivity contribution is -0.130. The van der Waals surface area contributed by atoms with Crippen molar-refractivity contribution in [2.45, 2.75) is 39.2 Å². The van der Waals surface area contributed by atoms with Crippen molar-refractivity contribution < 1.29 is 9.59 Å². The maximum atomic E-state index is 12.5. The van der Waals surface area contributed by atoms with Crippen molar-refractivity contribution in [2.24, 2.45) is 0 Å². The lowest BCUT2D eigenvalue weighted by Crippen LogP contribution is -2.49. The summed E-state index contributed by atoms with van der Waals surface area (Å²) in [5, 5.41) is 3.37. The molecule has 26 heavy (non-hydrogen) atoms. The third-order valence-corrected chi connectivity index (χ3v) is 5.44. The molecule has 2 aliphatic rings. The molecule has 144 valence electrons. The van der Waals surface area contributed by atoms with Crippen LogP contribution >= 0.6 is 12.4 Å². The van der Waals surface area contributed by atoms with Crippen LogP contribution in [0.25, 0.3) is 0 Å². The molecule has 2 aliphatic heterocycles. The smallest absolute Gasteiger partial charge is 0.223 e. The molecule has 2 heterocycles. The van der Waals surface area contributed by atoms with Crippen LogP contribution in [0.4, 0.5) is 0 Å². The molecule has 3 rings (SSSR count). The lowest BCUT2D eigenvalue weighted by Gasteiger charge is -2.32. The highest BCUT2D eigenvalue weighted by Crippen LogP contribution is 2.19. The second-order valence-corrected chi connectivity index (χ2v) is 7.31. The van der Waals surface area contributed by atoms with Gasteiger partial charge in [-0.3, -0.25) is 14.5 Å². The van der Waals surface area contributed by atoms with Crippen LogP contribution in [-0.2, 0) is 4.79 Å². The zero-order valence-electron chi connectivity index (χ0n) is 15.8. The molecule has 1 atom stereocenters. The first-order valence-corrected chi connectivity index (χ1v) is 9.37. The minimum Gasteiger partial charge on any atom is -0.341 e. The maximum Gasteiger partial charge on any atom is 0.223 e. The highest BCUT2D eigenvalue weighted by molar-refractivity contribution is 5.99. The number of rotatable bonds is 5. The lowest BCUT2D eigenvalue weighted by atomic mass is 9.99. The summed E-state index contributed by atoms with van der Waals surface area (Å²) in [6.45, 7) is 9.79. The maximum absolute atomic E-state index is 12.5. The van der Waals surface area contributed by atoms with Gasteiger partial charge >= 0.3 is 0 Å². The zero-order chi connectivity index (χ0) is 17.8. The van der Waals surface area contributed by atoms with Gasteiger partial charge in [-0.25, -0.2) is 0 Å². The molecule has 0 aromatic heterocycles. The molecule has 0 aliphatic carbocycles. The van der Waals surface area contributed by atoms with Gasteiger partial charge in [-0.1, -0.05) is 17.7 Å². The van der Waals surface area contributed by atoms with Crippen molar-refractivity contribution in [3.8, 4) is 0 Å². The fourth-order valence-electron chi connectivity index (χ4n) is 3.86. The number of ketones is 1. The molecule has 1 amide bonds. The number of Topliss-reactive ketones (excluding diaryl/α,β-unsaturated/α-hetero) is 1. The number of aryl methyl sites for hydroxylation is 2. The quantitative estimate of drug-likeness (QED) is 0.797. The Morgan fingerprint density at radius 3 is 2.58 bits per heavy atom. The van der Waals surface area contributed by atoms with E-state index in [9.17, 15) is 9.59 Å². The summed E-state index contributed by atoms with van der Waals surface area (Å²) < 4.78 is 0. The number of carbonyl (C=O) groups is 2. The van der Waals surface area contributed by atoms with E-state index in [-0.39, 0.29) is 24.1 Å². The van der Waals surface area contributed by atoms with Gasteiger partial charge in [0, 0.05) is 63.7 Å². The molecule has 6 heteroatoms. The van der Waals surface area contributed by atoms with Crippen molar-refractivity contribution in [2.75, 3.05) is 39.3 Å². The predicted molar refractivity (Wildman–Crippen MR) is 106 cm³/mol. The number of carbonyl (C=O) groups excluding carboxylic acids is 2. The molecule has 0 saturated carbocycles. The van der Waals surface area contributed by atoms with Crippen LogP contribution in [0.3, 0.4) is 0 Å². The molecule has 0 radical (unpaired) electrons. The highest BCUT2D eigenvalue weighted by Gasteiger charge is 2.30. The third kappa shape index (κ3) is 5.06. The number of piperazine rings is 1. The zero-order valence-corrected chi connectivity index (χ0v) is 16.6. The number of hydrogen-bond acceptors (Lipinski definition) is 4. The monoisotopic (exact) mass is 379 g/mol. The standard InChI is InChI=1S/C20H29N3O2.ClH/c1-15-3-4-16(2)18(13-15)19(24)5-6-20(25)23-10-7-17(14-23)22-11-8-21-9-12-22;/h3-4,13,17,21H,5-12,14H2,1-2H3;1H. The average Bonchev–Trinajstić information content (AvgIpc) is 3.12. The van der Waals surface area contributed by atoms with Crippen LogP contribution in [0, 0.1) is 13.8 Å². The van der Waals surface area contributed by atoms with Gasteiger partial charge < -0.3 is 10.2 Å². The molecular weight excluding hydrogens is 350 g/mol. The average molecular weight is 380 g/mol. The second kappa shape index (κ2) is 9.49. The number of hydrogen-bond donors (Lipinski definition) is 1. The fourth-order valence-corrected chi connectivity index (χ4v) is 3.86. The Bertz CT molecular complexity index is 644. The molecule has 1 aromatic carbocycles. The topological polar surface area (TPSA) is 52.7 Å². The summed E-state index contributed by atoms with van der Waals surface area (Å²) in [7, 11) is 0. The van der Waals surface area contributed by atoms with Gasteiger partial charge in [-0.05, 0) is 31.9 Å². The SMILES string of the molecule is Cc1ccc(C)c(C(=O)CCC(=O)N2CCC(N3CCNCC3)C2)c1.Cl. The van der Waals surface area contributed by atoms with E-state index in [1.54, 1.807) is 0 Å². The van der Waals surface area contributed by atoms with E-state index in [2.05, 4.69) is 10.2 Å². The number of nitrogens with one attached hydrogen (secondary N) is 1. The van der Waals surface area contributed by atoms with Gasteiger partial charge in [0.1, 0.15) is 0 Å². The Balaban J connectivity index is 0.00000243. The molecule has 0 spiro atoms. The van der Waals surface area contributed by atoms with Crippen molar-refractivity contribution in [3.05, 3.63) is 34.9 Å². The van der Waals surface area contributed by atoms with Crippen LogP contribution in [0.1, 0.15) is 40.7 Å². The van der Waals surface area contributed by atoms with Crippen molar-refractivity contribution >= 4 is 24.1 Å². The van der Waals surface area contributed by atoms with Crippen LogP contribution in [0.5, 0.6) is 0 Å². The van der Waals surface area contributed by atoms with Gasteiger partial charge in [0.25, 0.3) is 0 Å². The van der Waals surface area contributed by atoms with Crippen LogP contribution in [-0.4, -0.2) is 66.8 Å². The summed E-state index contributed by atoms with van der Waals surface area (Å²) in [5.41, 5.74) is 2.83. The van der Waals surface area contributed by atoms with E-state index >= 15 is 0 Å². The Morgan fingerprint density at radius 2 is 1.85 bits per heavy atom. The van der Waals surface area contributed by atoms with E-state index in [0.29, 0.717) is 18.9 Å². The number of benzene rings is 1. The van der Waals surface area contributed by atoms with E-state index < -0.39 is 0 Å². The fraction of sp³-hybridized carbons (Fsp3) is 0.600. The van der Waals surface area contributed by atoms with Gasteiger partial charge in [-0.15, -0.1) is 12.4 Å². The first kappa shape index (κ1) is 20.9. The van der Waals surface area contributed by atoms with Gasteiger partial charge in [0.05, 0.1) is 0 Å². The number of nitrogens with zero attached hydrogens (tertiary/aromatic N) is 2. The molecule has 0 bridgehead atoms. The van der Waals surface area contributed by atoms with Crippen molar-refractivity contribution in [1.29, 1.82) is 0 Å². The molecule has 5 nitrogen and oxygen atoms in total. The largest absolute Gasteiger partial charge is 0.341 e. The highest BCUT2D eigenvalue weighted by atomic mass is 35.5. The Labute approximate surface area is 162 Å². The Kier molecular flexibility index (Phi) is 7.62. The first-order valence-electron chi connectivity index (χ1n) is 9.37. The molecule has 1 aromatic rings. The van der Waals surface area contributed by atoms with E-state index in [1.165, 1.54) is 0 Å². The van der Waals surface area contributed by atoms with Gasteiger partial charge in [-0.2, -0.15) is 0 Å². The molecule has 2 fully saturated rings. The summed E-state index contributed by atoms with van der Waals surface area (Å²) in [6, 6.07) is 6.40. The van der Waals surface area contributed by atoms with Crippen molar-refractivity contribution in [1.82, 2.24) is 15.1 Å². The molecule has 1 unspecified atom stereocenters. The first-order chi connectivity index (χ1) is 12.0. The van der Waals surface area contributed by atoms with E-state index in [1.807, 2.05) is 36.9 Å². The van der Waals surface area contributed by atoms with E-state index in [0.717, 1.165) is 62.4 Å². The normalized spacial score (nSPS) is 20.7. The van der Waals surface area contributed by atoms with Crippen molar-refractivity contribution in [3.63, 3.8) is 0 Å². The Morgan fingerprint density at radius 1 is 1.12 bits per heavy atom. The number of likely N-dealkylation sites (tertiary alicyclic amines) is 1. The summed E-state index contributed by atoms with van der Waals surface area (Å²) in [4.78, 5) is 29.4. The predicted octanol–water partition coefficient (Wildman–Crippen LogP) is 2.19. The van der Waals surface area contributed by atoms with Gasteiger partial charge in [0.15, 0.2) is 5.78 Å². The summed E-state index contributed by atoms with van der Waals surface area (Å²) in [5.74, 6) is 0.198. The minimum absolute atomic E-state index is 0. The summed E-state index contributed by atoms with van der Waals surface area (Å²) >= 11 is 0. The second-order valence-electron chi connectivity index (χ2n) is 7.31. The molecule has 2 saturated heterocycles. The number of halogens is 1. The van der Waals surface area contributed by atoms with Gasteiger partial charge in [0.2, 0.25) is 5.91 Å². The minimum atomic E-state index is 0. The van der Waals surface area contributed by atoms with Crippen LogP contribution in [0.2, 0.25) is 0 Å². The molecule has 1 N–H and O–H groups in total.